The Balaban J connectivity index is 1.19. The largest absolute Gasteiger partial charge is 0.366 e. The number of nitrogens with one attached hydrogen (secondary N) is 1. The van der Waals surface area contributed by atoms with E-state index in [0.717, 1.165) is 29.9 Å². The highest BCUT2D eigenvalue weighted by Gasteiger charge is 2.49. The Bertz CT molecular complexity index is 681. The fraction of sp³-hybridized carbons (Fsp3) is 0.682. The molecule has 1 aromatic carbocycles. The third-order valence-corrected chi connectivity index (χ3v) is 7.51. The van der Waals surface area contributed by atoms with E-state index in [1.54, 1.807) is 0 Å². The molecular weight excluding hydrogens is 360 g/mol. The molecule has 4 bridgehead atoms. The maximum absolute atomic E-state index is 13.0. The third-order valence-electron chi connectivity index (χ3n) is 7.27. The Morgan fingerprint density at radius 3 is 2.59 bits per heavy atom. The molecule has 4 aliphatic carbocycles. The number of ether oxygens (including phenoxy) is 1. The first-order valence-corrected chi connectivity index (χ1v) is 10.9. The average Bonchev–Trinajstić information content (AvgIpc) is 2.64. The molecule has 1 saturated heterocycles. The second kappa shape index (κ2) is 7.38. The summed E-state index contributed by atoms with van der Waals surface area (Å²) < 4.78 is 5.85. The van der Waals surface area contributed by atoms with E-state index in [0.29, 0.717) is 31.0 Å². The molecule has 1 aliphatic heterocycles. The number of morpholine rings is 1. The van der Waals surface area contributed by atoms with Crippen LogP contribution >= 0.6 is 11.6 Å². The second-order valence-electron chi connectivity index (χ2n) is 9.19. The first kappa shape index (κ1) is 18.0. The second-order valence-corrected chi connectivity index (χ2v) is 9.63. The molecule has 0 aromatic heterocycles. The number of rotatable bonds is 4. The number of nitrogens with zero attached hydrogens (tertiary/aromatic N) is 1. The zero-order valence-corrected chi connectivity index (χ0v) is 16.5. The third kappa shape index (κ3) is 3.76. The van der Waals surface area contributed by atoms with Gasteiger partial charge in [0.1, 0.15) is 6.10 Å². The number of hydrogen-bond donors (Lipinski definition) is 1. The minimum Gasteiger partial charge on any atom is -0.366 e. The van der Waals surface area contributed by atoms with Gasteiger partial charge in [-0.05, 0) is 73.5 Å². The van der Waals surface area contributed by atoms with E-state index >= 15 is 0 Å². The molecule has 6 rings (SSSR count). The summed E-state index contributed by atoms with van der Waals surface area (Å²) in [7, 11) is 0. The van der Waals surface area contributed by atoms with Gasteiger partial charge in [-0.25, -0.2) is 0 Å². The first-order chi connectivity index (χ1) is 13.1. The lowest BCUT2D eigenvalue weighted by atomic mass is 9.54. The fourth-order valence-corrected chi connectivity index (χ4v) is 6.53. The number of amides is 1. The Hall–Kier alpha value is -1.10. The highest BCUT2D eigenvalue weighted by molar-refractivity contribution is 6.30. The van der Waals surface area contributed by atoms with Crippen LogP contribution in [0.3, 0.4) is 0 Å². The molecule has 1 N–H and O–H groups in total. The zero-order valence-electron chi connectivity index (χ0n) is 15.8. The van der Waals surface area contributed by atoms with Crippen molar-refractivity contribution in [3.05, 3.63) is 34.9 Å². The molecule has 1 aromatic rings. The fourth-order valence-electron chi connectivity index (χ4n) is 6.32. The van der Waals surface area contributed by atoms with Gasteiger partial charge >= 0.3 is 0 Å². The van der Waals surface area contributed by atoms with Gasteiger partial charge in [-0.3, -0.25) is 9.69 Å². The molecular formula is C22H29ClN2O2. The van der Waals surface area contributed by atoms with Crippen LogP contribution in [-0.2, 0) is 16.1 Å². The number of hydrogen-bond acceptors (Lipinski definition) is 3. The summed E-state index contributed by atoms with van der Waals surface area (Å²) in [6.45, 7) is 2.94. The van der Waals surface area contributed by atoms with Crippen LogP contribution in [-0.4, -0.2) is 42.6 Å². The monoisotopic (exact) mass is 388 g/mol. The normalized spacial score (nSPS) is 38.1. The van der Waals surface area contributed by atoms with Gasteiger partial charge in [-0.15, -0.1) is 0 Å². The first-order valence-electron chi connectivity index (χ1n) is 10.5. The summed E-state index contributed by atoms with van der Waals surface area (Å²) in [5.41, 5.74) is 1.18. The molecule has 5 heteroatoms. The van der Waals surface area contributed by atoms with Gasteiger partial charge in [0.25, 0.3) is 5.91 Å². The molecule has 27 heavy (non-hydrogen) atoms. The average molecular weight is 389 g/mol. The maximum atomic E-state index is 13.0. The summed E-state index contributed by atoms with van der Waals surface area (Å²) in [5, 5.41) is 4.17. The summed E-state index contributed by atoms with van der Waals surface area (Å²) in [4.78, 5) is 15.3. The Labute approximate surface area is 166 Å². The molecule has 1 atom stereocenters. The highest BCUT2D eigenvalue weighted by atomic mass is 35.5. The van der Waals surface area contributed by atoms with Crippen LogP contribution in [0.1, 0.15) is 37.7 Å². The number of carbonyl (C=O) groups is 1. The Morgan fingerprint density at radius 2 is 1.89 bits per heavy atom. The van der Waals surface area contributed by atoms with E-state index in [-0.39, 0.29) is 12.0 Å². The van der Waals surface area contributed by atoms with Gasteiger partial charge < -0.3 is 10.1 Å². The Kier molecular flexibility index (Phi) is 4.91. The van der Waals surface area contributed by atoms with Gasteiger partial charge in [0, 0.05) is 30.7 Å². The zero-order chi connectivity index (χ0) is 18.4. The van der Waals surface area contributed by atoms with Crippen molar-refractivity contribution < 1.29 is 9.53 Å². The van der Waals surface area contributed by atoms with E-state index in [1.807, 2.05) is 18.2 Å². The number of benzene rings is 1. The number of carbonyl (C=O) groups excluding carboxylic acids is 1. The van der Waals surface area contributed by atoms with Crippen molar-refractivity contribution in [2.24, 2.45) is 23.7 Å². The van der Waals surface area contributed by atoms with Crippen molar-refractivity contribution in [1.82, 2.24) is 10.2 Å². The van der Waals surface area contributed by atoms with Gasteiger partial charge in [0.2, 0.25) is 0 Å². The highest BCUT2D eigenvalue weighted by Crippen LogP contribution is 2.53. The number of halogens is 1. The van der Waals surface area contributed by atoms with Gasteiger partial charge in [-0.2, -0.15) is 0 Å². The molecule has 146 valence electrons. The SMILES string of the molecule is O=C(NC1C2CC3CC(C2)CC1C3)C1CN(Cc2cccc(Cl)c2)CCO1. The lowest BCUT2D eigenvalue weighted by Gasteiger charge is -2.54. The van der Waals surface area contributed by atoms with Crippen molar-refractivity contribution in [3.63, 3.8) is 0 Å². The van der Waals surface area contributed by atoms with Gasteiger partial charge in [0.15, 0.2) is 0 Å². The molecule has 1 heterocycles. The van der Waals surface area contributed by atoms with E-state index in [1.165, 1.54) is 37.7 Å². The van der Waals surface area contributed by atoms with E-state index in [9.17, 15) is 4.79 Å². The summed E-state index contributed by atoms with van der Waals surface area (Å²) in [6.07, 6.45) is 6.39. The van der Waals surface area contributed by atoms with Crippen molar-refractivity contribution in [3.8, 4) is 0 Å². The Morgan fingerprint density at radius 1 is 1.15 bits per heavy atom. The van der Waals surface area contributed by atoms with Crippen LogP contribution < -0.4 is 5.32 Å². The molecule has 4 nitrogen and oxygen atoms in total. The quantitative estimate of drug-likeness (QED) is 0.858. The molecule has 1 amide bonds. The molecule has 5 aliphatic rings. The lowest BCUT2D eigenvalue weighted by molar-refractivity contribution is -0.142. The van der Waals surface area contributed by atoms with Crippen LogP contribution in [0.2, 0.25) is 5.02 Å². The van der Waals surface area contributed by atoms with Crippen molar-refractivity contribution in [2.75, 3.05) is 19.7 Å². The van der Waals surface area contributed by atoms with Crippen molar-refractivity contribution >= 4 is 17.5 Å². The minimum atomic E-state index is -0.352. The van der Waals surface area contributed by atoms with E-state index in [4.69, 9.17) is 16.3 Å². The topological polar surface area (TPSA) is 41.6 Å². The summed E-state index contributed by atoms with van der Waals surface area (Å²) in [5.74, 6) is 3.37. The van der Waals surface area contributed by atoms with Crippen LogP contribution in [0.15, 0.2) is 24.3 Å². The predicted molar refractivity (Wildman–Crippen MR) is 105 cm³/mol. The molecule has 1 unspecified atom stereocenters. The maximum Gasteiger partial charge on any atom is 0.250 e. The summed E-state index contributed by atoms with van der Waals surface area (Å²) in [6, 6.07) is 8.35. The molecule has 0 spiro atoms. The predicted octanol–water partition coefficient (Wildman–Crippen LogP) is 3.48. The van der Waals surface area contributed by atoms with Gasteiger partial charge in [-0.1, -0.05) is 23.7 Å². The van der Waals surface area contributed by atoms with Crippen LogP contribution in [0.5, 0.6) is 0 Å². The molecule has 0 radical (unpaired) electrons. The van der Waals surface area contributed by atoms with Crippen molar-refractivity contribution in [2.45, 2.75) is 50.8 Å². The standard InChI is InChI=1S/C22H29ClN2O2/c23-19-3-1-2-14(11-19)12-25-4-5-27-20(13-25)22(26)24-21-17-7-15-6-16(9-17)10-18(21)8-15/h1-3,11,15-18,20-21H,4-10,12-13H2,(H,24,26). The molecule has 5 fully saturated rings. The lowest BCUT2D eigenvalue weighted by Crippen LogP contribution is -2.59. The molecule has 4 saturated carbocycles. The summed E-state index contributed by atoms with van der Waals surface area (Å²) >= 11 is 6.10. The van der Waals surface area contributed by atoms with Gasteiger partial charge in [0.05, 0.1) is 6.61 Å². The van der Waals surface area contributed by atoms with Crippen LogP contribution in [0.4, 0.5) is 0 Å². The van der Waals surface area contributed by atoms with E-state index in [2.05, 4.69) is 16.3 Å². The van der Waals surface area contributed by atoms with Crippen LogP contribution in [0, 0.1) is 23.7 Å². The smallest absolute Gasteiger partial charge is 0.250 e. The van der Waals surface area contributed by atoms with Crippen LogP contribution in [0.25, 0.3) is 0 Å². The minimum absolute atomic E-state index is 0.100. The van der Waals surface area contributed by atoms with Crippen molar-refractivity contribution in [1.29, 1.82) is 0 Å². The van der Waals surface area contributed by atoms with E-state index < -0.39 is 0 Å².